The van der Waals surface area contributed by atoms with Crippen molar-refractivity contribution in [2.75, 3.05) is 18.0 Å². The summed E-state index contributed by atoms with van der Waals surface area (Å²) in [7, 11) is 0. The number of piperidine rings is 1. The Bertz CT molecular complexity index is 457. The van der Waals surface area contributed by atoms with Gasteiger partial charge in [0.15, 0.2) is 0 Å². The lowest BCUT2D eigenvalue weighted by Gasteiger charge is -2.31. The second kappa shape index (κ2) is 4.93. The van der Waals surface area contributed by atoms with Crippen molar-refractivity contribution in [3.63, 3.8) is 0 Å². The van der Waals surface area contributed by atoms with Crippen LogP contribution in [0.15, 0.2) is 0 Å². The zero-order chi connectivity index (χ0) is 13.3. The van der Waals surface area contributed by atoms with Gasteiger partial charge in [0, 0.05) is 19.6 Å². The number of hydrogen-bond donors (Lipinski definition) is 1. The van der Waals surface area contributed by atoms with E-state index >= 15 is 0 Å². The monoisotopic (exact) mass is 254 g/mol. The van der Waals surface area contributed by atoms with E-state index in [4.69, 9.17) is 0 Å². The number of aromatic nitrogens is 2. The fourth-order valence-electron chi connectivity index (χ4n) is 2.45. The molecular formula is C11H18N4O3. The van der Waals surface area contributed by atoms with E-state index in [1.54, 1.807) is 11.6 Å². The third-order valence-electron chi connectivity index (χ3n) is 3.25. The molecule has 1 fully saturated rings. The van der Waals surface area contributed by atoms with Gasteiger partial charge < -0.3 is 10.0 Å². The Labute approximate surface area is 105 Å². The van der Waals surface area contributed by atoms with Crippen LogP contribution in [0, 0.1) is 17.0 Å². The van der Waals surface area contributed by atoms with Crippen LogP contribution in [0.5, 0.6) is 0 Å². The third-order valence-corrected chi connectivity index (χ3v) is 3.25. The summed E-state index contributed by atoms with van der Waals surface area (Å²) in [6.07, 6.45) is 1.18. The fourth-order valence-corrected chi connectivity index (χ4v) is 2.45. The molecule has 7 nitrogen and oxygen atoms in total. The minimum atomic E-state index is -0.418. The Morgan fingerprint density at radius 3 is 2.89 bits per heavy atom. The number of hydrogen-bond acceptors (Lipinski definition) is 5. The van der Waals surface area contributed by atoms with Gasteiger partial charge in [0.05, 0.1) is 11.0 Å². The highest BCUT2D eigenvalue weighted by Crippen LogP contribution is 2.33. The summed E-state index contributed by atoms with van der Waals surface area (Å²) in [6, 6.07) is 0. The first kappa shape index (κ1) is 12.8. The zero-order valence-corrected chi connectivity index (χ0v) is 10.7. The lowest BCUT2D eigenvalue weighted by Crippen LogP contribution is -2.39. The highest BCUT2D eigenvalue weighted by molar-refractivity contribution is 5.61. The van der Waals surface area contributed by atoms with Crippen molar-refractivity contribution in [1.82, 2.24) is 9.78 Å². The number of nitro groups is 1. The molecule has 1 N–H and O–H groups in total. The van der Waals surface area contributed by atoms with Crippen LogP contribution < -0.4 is 4.90 Å². The van der Waals surface area contributed by atoms with Gasteiger partial charge >= 0.3 is 5.69 Å². The fraction of sp³-hybridized carbons (Fsp3) is 0.727. The van der Waals surface area contributed by atoms with Crippen LogP contribution in [-0.2, 0) is 6.54 Å². The molecule has 1 unspecified atom stereocenters. The Hall–Kier alpha value is -1.63. The van der Waals surface area contributed by atoms with Gasteiger partial charge in [0.25, 0.3) is 0 Å². The van der Waals surface area contributed by atoms with Gasteiger partial charge in [-0.15, -0.1) is 0 Å². The van der Waals surface area contributed by atoms with Gasteiger partial charge in [0.1, 0.15) is 5.69 Å². The van der Waals surface area contributed by atoms with E-state index in [1.165, 1.54) is 0 Å². The highest BCUT2D eigenvalue weighted by Gasteiger charge is 2.31. The molecular weight excluding hydrogens is 236 g/mol. The molecule has 0 radical (unpaired) electrons. The molecule has 0 saturated carbocycles. The van der Waals surface area contributed by atoms with Crippen molar-refractivity contribution in [1.29, 1.82) is 0 Å². The van der Waals surface area contributed by atoms with Crippen molar-refractivity contribution in [2.24, 2.45) is 0 Å². The summed E-state index contributed by atoms with van der Waals surface area (Å²) in [6.45, 7) is 5.29. The molecule has 1 aromatic heterocycles. The molecule has 2 heterocycles. The number of rotatable bonds is 3. The SMILES string of the molecule is CCn1nc(C)c([N+](=O)[O-])c1N1CCCC(O)C1. The van der Waals surface area contributed by atoms with E-state index in [0.29, 0.717) is 24.6 Å². The topological polar surface area (TPSA) is 84.4 Å². The summed E-state index contributed by atoms with van der Waals surface area (Å²) in [5.41, 5.74) is 0.489. The van der Waals surface area contributed by atoms with Gasteiger partial charge in [-0.2, -0.15) is 5.10 Å². The standard InChI is InChI=1S/C11H18N4O3/c1-3-14-11(10(15(17)18)8(2)12-14)13-6-4-5-9(16)7-13/h9,16H,3-7H2,1-2H3. The van der Waals surface area contributed by atoms with Gasteiger partial charge in [-0.05, 0) is 26.7 Å². The Kier molecular flexibility index (Phi) is 3.51. The maximum absolute atomic E-state index is 11.2. The van der Waals surface area contributed by atoms with Crippen molar-refractivity contribution in [3.05, 3.63) is 15.8 Å². The number of nitrogens with zero attached hydrogens (tertiary/aromatic N) is 4. The molecule has 1 aromatic rings. The van der Waals surface area contributed by atoms with E-state index < -0.39 is 6.10 Å². The molecule has 1 aliphatic rings. The van der Waals surface area contributed by atoms with Crippen LogP contribution in [-0.4, -0.2) is 39.0 Å². The minimum Gasteiger partial charge on any atom is -0.391 e. The number of anilines is 1. The maximum Gasteiger partial charge on any atom is 0.333 e. The molecule has 1 aliphatic heterocycles. The number of β-amino-alcohol motifs (C(OH)–C–C–N with tert-alkyl or cyclic N) is 1. The van der Waals surface area contributed by atoms with Crippen LogP contribution >= 0.6 is 0 Å². The molecule has 0 amide bonds. The van der Waals surface area contributed by atoms with Crippen LogP contribution in [0.2, 0.25) is 0 Å². The van der Waals surface area contributed by atoms with Crippen LogP contribution in [0.3, 0.4) is 0 Å². The van der Waals surface area contributed by atoms with E-state index in [1.807, 2.05) is 11.8 Å². The van der Waals surface area contributed by atoms with E-state index in [2.05, 4.69) is 5.10 Å². The van der Waals surface area contributed by atoms with Crippen molar-refractivity contribution in [3.8, 4) is 0 Å². The molecule has 1 saturated heterocycles. The molecule has 1 atom stereocenters. The van der Waals surface area contributed by atoms with E-state index in [9.17, 15) is 15.2 Å². The average molecular weight is 254 g/mol. The molecule has 0 aliphatic carbocycles. The lowest BCUT2D eigenvalue weighted by molar-refractivity contribution is -0.384. The molecule has 0 spiro atoms. The van der Waals surface area contributed by atoms with Crippen LogP contribution in [0.25, 0.3) is 0 Å². The van der Waals surface area contributed by atoms with Gasteiger partial charge in [-0.1, -0.05) is 0 Å². The van der Waals surface area contributed by atoms with E-state index in [-0.39, 0.29) is 10.6 Å². The summed E-state index contributed by atoms with van der Waals surface area (Å²) >= 11 is 0. The largest absolute Gasteiger partial charge is 0.391 e. The maximum atomic E-state index is 11.2. The normalized spacial score (nSPS) is 20.2. The Balaban J connectivity index is 2.43. The predicted octanol–water partition coefficient (Wildman–Crippen LogP) is 1.08. The van der Waals surface area contributed by atoms with Gasteiger partial charge in [-0.3, -0.25) is 10.1 Å². The lowest BCUT2D eigenvalue weighted by atomic mass is 10.1. The van der Waals surface area contributed by atoms with Crippen molar-refractivity contribution < 1.29 is 10.0 Å². The third kappa shape index (κ3) is 2.17. The number of aliphatic hydroxyl groups is 1. The Morgan fingerprint density at radius 2 is 2.33 bits per heavy atom. The summed E-state index contributed by atoms with van der Waals surface area (Å²) in [4.78, 5) is 12.6. The summed E-state index contributed by atoms with van der Waals surface area (Å²) in [5.74, 6) is 0.527. The minimum absolute atomic E-state index is 0.0611. The molecule has 0 aromatic carbocycles. The zero-order valence-electron chi connectivity index (χ0n) is 10.7. The average Bonchev–Trinajstić information content (AvgIpc) is 2.66. The Morgan fingerprint density at radius 1 is 1.61 bits per heavy atom. The first-order valence-electron chi connectivity index (χ1n) is 6.19. The summed E-state index contributed by atoms with van der Waals surface area (Å²) in [5, 5.41) is 25.1. The molecule has 2 rings (SSSR count). The smallest absolute Gasteiger partial charge is 0.333 e. The number of aryl methyl sites for hydroxylation is 2. The highest BCUT2D eigenvalue weighted by atomic mass is 16.6. The van der Waals surface area contributed by atoms with Crippen LogP contribution in [0.4, 0.5) is 11.5 Å². The molecule has 7 heteroatoms. The second-order valence-corrected chi connectivity index (χ2v) is 4.57. The molecule has 18 heavy (non-hydrogen) atoms. The van der Waals surface area contributed by atoms with Crippen molar-refractivity contribution in [2.45, 2.75) is 39.3 Å². The van der Waals surface area contributed by atoms with E-state index in [0.717, 1.165) is 19.4 Å². The first-order chi connectivity index (χ1) is 8.54. The number of aliphatic hydroxyl groups excluding tert-OH is 1. The summed E-state index contributed by atoms with van der Waals surface area (Å²) < 4.78 is 1.64. The first-order valence-corrected chi connectivity index (χ1v) is 6.19. The van der Waals surface area contributed by atoms with Gasteiger partial charge in [-0.25, -0.2) is 4.68 Å². The van der Waals surface area contributed by atoms with Gasteiger partial charge in [0.2, 0.25) is 5.82 Å². The quantitative estimate of drug-likeness (QED) is 0.644. The van der Waals surface area contributed by atoms with Crippen molar-refractivity contribution >= 4 is 11.5 Å². The molecule has 0 bridgehead atoms. The van der Waals surface area contributed by atoms with Crippen LogP contribution in [0.1, 0.15) is 25.5 Å². The molecule has 100 valence electrons. The predicted molar refractivity (Wildman–Crippen MR) is 66.7 cm³/mol. The second-order valence-electron chi connectivity index (χ2n) is 4.57.